The summed E-state index contributed by atoms with van der Waals surface area (Å²) in [5.74, 6) is 0.571. The maximum absolute atomic E-state index is 13.0. The number of carbonyl (C=O) groups excluding carboxylic acids is 1. The molecule has 0 bridgehead atoms. The second-order valence-electron chi connectivity index (χ2n) is 6.65. The Bertz CT molecular complexity index is 1170. The Balaban J connectivity index is 1.72. The van der Waals surface area contributed by atoms with Gasteiger partial charge in [-0.15, -0.1) is 11.3 Å². The number of hydrogen-bond donors (Lipinski definition) is 2. The summed E-state index contributed by atoms with van der Waals surface area (Å²) >= 11 is 7.51. The molecule has 0 unspecified atom stereocenters. The summed E-state index contributed by atoms with van der Waals surface area (Å²) in [6.45, 7) is 5.77. The number of aryl methyl sites for hydroxylation is 1. The van der Waals surface area contributed by atoms with E-state index in [2.05, 4.69) is 25.9 Å². The average Bonchev–Trinajstić information content (AvgIpc) is 3.34. The predicted molar refractivity (Wildman–Crippen MR) is 114 cm³/mol. The van der Waals surface area contributed by atoms with Gasteiger partial charge in [0.05, 0.1) is 27.7 Å². The lowest BCUT2D eigenvalue weighted by Gasteiger charge is -2.11. The van der Waals surface area contributed by atoms with Crippen LogP contribution in [0, 0.1) is 6.92 Å². The zero-order valence-corrected chi connectivity index (χ0v) is 17.5. The summed E-state index contributed by atoms with van der Waals surface area (Å²) in [4.78, 5) is 26.9. The van der Waals surface area contributed by atoms with E-state index in [0.29, 0.717) is 33.4 Å². The molecule has 0 saturated heterocycles. The number of amides is 1. The lowest BCUT2D eigenvalue weighted by Crippen LogP contribution is -2.30. The summed E-state index contributed by atoms with van der Waals surface area (Å²) in [5, 5.41) is 7.36. The Kier molecular flexibility index (Phi) is 5.16. The van der Waals surface area contributed by atoms with Crippen molar-refractivity contribution in [1.82, 2.24) is 30.2 Å². The van der Waals surface area contributed by atoms with Gasteiger partial charge < -0.3 is 0 Å². The van der Waals surface area contributed by atoms with Crippen LogP contribution in [0.2, 0.25) is 5.15 Å². The van der Waals surface area contributed by atoms with Crippen LogP contribution in [0.4, 0.5) is 5.82 Å². The van der Waals surface area contributed by atoms with Crippen molar-refractivity contribution in [2.24, 2.45) is 0 Å². The zero-order chi connectivity index (χ0) is 20.5. The fraction of sp³-hybridized carbons (Fsp3) is 0.211. The van der Waals surface area contributed by atoms with Crippen molar-refractivity contribution in [3.8, 4) is 10.6 Å². The molecule has 10 heteroatoms. The minimum Gasteiger partial charge on any atom is -0.281 e. The molecule has 0 aliphatic rings. The number of pyridine rings is 1. The molecule has 0 saturated carbocycles. The average molecular weight is 428 g/mol. The molecule has 4 heterocycles. The van der Waals surface area contributed by atoms with Gasteiger partial charge in [0.15, 0.2) is 5.65 Å². The van der Waals surface area contributed by atoms with Gasteiger partial charge in [-0.2, -0.15) is 5.10 Å². The summed E-state index contributed by atoms with van der Waals surface area (Å²) in [6, 6.07) is 7.34. The highest BCUT2D eigenvalue weighted by molar-refractivity contribution is 7.13. The predicted octanol–water partition coefficient (Wildman–Crippen LogP) is 4.25. The molecule has 4 rings (SSSR count). The topological polar surface area (TPSA) is 97.6 Å². The van der Waals surface area contributed by atoms with E-state index < -0.39 is 0 Å². The molecular weight excluding hydrogens is 410 g/mol. The van der Waals surface area contributed by atoms with E-state index in [9.17, 15) is 4.79 Å². The van der Waals surface area contributed by atoms with Crippen LogP contribution in [-0.2, 0) is 0 Å². The Morgan fingerprint density at radius 2 is 2.07 bits per heavy atom. The number of halogens is 1. The molecule has 4 aromatic rings. The third kappa shape index (κ3) is 3.92. The molecule has 1 amide bonds. The molecule has 0 aliphatic carbocycles. The van der Waals surface area contributed by atoms with Gasteiger partial charge in [-0.25, -0.2) is 19.6 Å². The van der Waals surface area contributed by atoms with Crippen LogP contribution in [0.25, 0.3) is 21.6 Å². The molecular formula is C19H18ClN7OS. The number of hydrazine groups is 1. The van der Waals surface area contributed by atoms with E-state index >= 15 is 0 Å². The summed E-state index contributed by atoms with van der Waals surface area (Å²) in [7, 11) is 0. The molecule has 0 spiro atoms. The van der Waals surface area contributed by atoms with Crippen molar-refractivity contribution in [1.29, 1.82) is 0 Å². The number of rotatable bonds is 5. The van der Waals surface area contributed by atoms with Crippen molar-refractivity contribution in [2.75, 3.05) is 5.43 Å². The van der Waals surface area contributed by atoms with Crippen molar-refractivity contribution >= 4 is 45.7 Å². The van der Waals surface area contributed by atoms with Crippen molar-refractivity contribution in [3.05, 3.63) is 52.4 Å². The fourth-order valence-electron chi connectivity index (χ4n) is 2.92. The van der Waals surface area contributed by atoms with E-state index in [1.165, 1.54) is 6.07 Å². The van der Waals surface area contributed by atoms with Crippen molar-refractivity contribution < 1.29 is 4.79 Å². The maximum Gasteiger partial charge on any atom is 0.270 e. The number of aromatic nitrogens is 5. The van der Waals surface area contributed by atoms with Gasteiger partial charge in [0.2, 0.25) is 0 Å². The van der Waals surface area contributed by atoms with Crippen LogP contribution in [0.15, 0.2) is 35.8 Å². The van der Waals surface area contributed by atoms with Crippen LogP contribution in [0.5, 0.6) is 0 Å². The molecule has 0 aliphatic heterocycles. The lowest BCUT2D eigenvalue weighted by molar-refractivity contribution is 0.0964. The highest BCUT2D eigenvalue weighted by Gasteiger charge is 2.19. The summed E-state index contributed by atoms with van der Waals surface area (Å²) < 4.78 is 1.81. The number of hydrogen-bond acceptors (Lipinski definition) is 7. The molecule has 0 radical (unpaired) electrons. The van der Waals surface area contributed by atoms with Crippen molar-refractivity contribution in [2.45, 2.75) is 26.8 Å². The number of thiophene rings is 1. The van der Waals surface area contributed by atoms with Gasteiger partial charge in [0, 0.05) is 12.1 Å². The molecule has 4 aromatic heterocycles. The third-order valence-corrected chi connectivity index (χ3v) is 5.27. The highest BCUT2D eigenvalue weighted by atomic mass is 35.5. The van der Waals surface area contributed by atoms with E-state index in [4.69, 9.17) is 16.6 Å². The summed E-state index contributed by atoms with van der Waals surface area (Å²) in [5.41, 5.74) is 7.32. The van der Waals surface area contributed by atoms with E-state index in [1.54, 1.807) is 30.5 Å². The molecule has 0 atom stereocenters. The minimum absolute atomic E-state index is 0.110. The number of nitrogens with one attached hydrogen (secondary N) is 2. The van der Waals surface area contributed by atoms with Crippen LogP contribution >= 0.6 is 22.9 Å². The molecule has 0 aromatic carbocycles. The first kappa shape index (κ1) is 19.3. The standard InChI is InChI=1S/C19H18ClN7OS/c1-10(2)27-18-13(9-21-27)12(7-14(24-18)15-5-4-6-29-15)19(28)26-25-17-8-16(20)22-11(3)23-17/h4-10H,1-3H3,(H,26,28)(H,22,23,25). The third-order valence-electron chi connectivity index (χ3n) is 4.18. The van der Waals surface area contributed by atoms with Crippen LogP contribution in [-0.4, -0.2) is 30.6 Å². The van der Waals surface area contributed by atoms with Gasteiger partial charge in [-0.3, -0.25) is 15.6 Å². The Labute approximate surface area is 175 Å². The number of fused-ring (bicyclic) bond motifs is 1. The van der Waals surface area contributed by atoms with Gasteiger partial charge >= 0.3 is 0 Å². The monoisotopic (exact) mass is 427 g/mol. The lowest BCUT2D eigenvalue weighted by atomic mass is 10.1. The van der Waals surface area contributed by atoms with E-state index in [0.717, 1.165) is 10.6 Å². The maximum atomic E-state index is 13.0. The first-order chi connectivity index (χ1) is 13.9. The fourth-order valence-corrected chi connectivity index (χ4v) is 3.83. The Morgan fingerprint density at radius 3 is 2.76 bits per heavy atom. The smallest absolute Gasteiger partial charge is 0.270 e. The molecule has 8 nitrogen and oxygen atoms in total. The number of anilines is 1. The van der Waals surface area contributed by atoms with Crippen LogP contribution in [0.1, 0.15) is 36.1 Å². The largest absolute Gasteiger partial charge is 0.281 e. The van der Waals surface area contributed by atoms with Gasteiger partial charge in [-0.1, -0.05) is 17.7 Å². The quantitative estimate of drug-likeness (QED) is 0.365. The van der Waals surface area contributed by atoms with Gasteiger partial charge in [0.1, 0.15) is 16.8 Å². The van der Waals surface area contributed by atoms with Crippen LogP contribution < -0.4 is 10.9 Å². The van der Waals surface area contributed by atoms with Crippen molar-refractivity contribution in [3.63, 3.8) is 0 Å². The zero-order valence-electron chi connectivity index (χ0n) is 16.0. The van der Waals surface area contributed by atoms with Gasteiger partial charge in [0.25, 0.3) is 5.91 Å². The Hall–Kier alpha value is -3.04. The Morgan fingerprint density at radius 1 is 1.24 bits per heavy atom. The van der Waals surface area contributed by atoms with E-state index in [-0.39, 0.29) is 11.9 Å². The highest BCUT2D eigenvalue weighted by Crippen LogP contribution is 2.28. The summed E-state index contributed by atoms with van der Waals surface area (Å²) in [6.07, 6.45) is 1.67. The number of carbonyl (C=O) groups is 1. The first-order valence-electron chi connectivity index (χ1n) is 8.92. The molecule has 0 fully saturated rings. The van der Waals surface area contributed by atoms with Gasteiger partial charge in [-0.05, 0) is 38.3 Å². The minimum atomic E-state index is -0.328. The van der Waals surface area contributed by atoms with E-state index in [1.807, 2.05) is 36.0 Å². The normalized spacial score (nSPS) is 11.2. The second kappa shape index (κ2) is 7.76. The molecule has 29 heavy (non-hydrogen) atoms. The second-order valence-corrected chi connectivity index (χ2v) is 7.99. The first-order valence-corrected chi connectivity index (χ1v) is 10.2. The number of nitrogens with zero attached hydrogens (tertiary/aromatic N) is 5. The molecule has 2 N–H and O–H groups in total. The SMILES string of the molecule is Cc1nc(Cl)cc(NNC(=O)c2cc(-c3cccs3)nc3c2cnn3C(C)C)n1. The van der Waals surface area contributed by atoms with Crippen LogP contribution in [0.3, 0.4) is 0 Å². The molecule has 148 valence electrons.